The highest BCUT2D eigenvalue weighted by Crippen LogP contribution is 2.28. The predicted octanol–water partition coefficient (Wildman–Crippen LogP) is 6.47. The number of aryl methyl sites for hydroxylation is 1. The van der Waals surface area contributed by atoms with Crippen molar-refractivity contribution in [2.75, 3.05) is 44.0 Å². The molecule has 1 fully saturated rings. The number of amides is 2. The van der Waals surface area contributed by atoms with E-state index in [4.69, 9.17) is 53.5 Å². The number of carbonyl (C=O) groups is 3. The number of halogens is 2. The van der Waals surface area contributed by atoms with E-state index in [9.17, 15) is 36.3 Å². The molecule has 0 radical (unpaired) electrons. The van der Waals surface area contributed by atoms with Crippen molar-refractivity contribution >= 4 is 72.4 Å². The highest BCUT2D eigenvalue weighted by atomic mass is 35.5. The van der Waals surface area contributed by atoms with Crippen LogP contribution in [0.5, 0.6) is 5.75 Å². The highest BCUT2D eigenvalue weighted by Gasteiger charge is 2.32. The van der Waals surface area contributed by atoms with Gasteiger partial charge in [-0.15, -0.1) is 0 Å². The topological polar surface area (TPSA) is 271 Å². The maximum atomic E-state index is 13.4. The zero-order valence-corrected chi connectivity index (χ0v) is 40.9. The minimum absolute atomic E-state index is 0.0126. The van der Waals surface area contributed by atoms with Gasteiger partial charge in [-0.25, -0.2) is 26.8 Å². The van der Waals surface area contributed by atoms with Gasteiger partial charge in [-0.3, -0.25) is 9.59 Å². The summed E-state index contributed by atoms with van der Waals surface area (Å²) in [4.78, 5) is 38.1. The van der Waals surface area contributed by atoms with Gasteiger partial charge in [-0.05, 0) is 109 Å². The molecule has 0 aliphatic carbocycles. The third-order valence-corrected chi connectivity index (χ3v) is 13.5. The van der Waals surface area contributed by atoms with Gasteiger partial charge in [0.2, 0.25) is 20.0 Å². The summed E-state index contributed by atoms with van der Waals surface area (Å²) in [6, 6.07) is 29.1. The monoisotopic (exact) mass is 1020 g/mol. The van der Waals surface area contributed by atoms with Crippen LogP contribution in [-0.4, -0.2) is 95.2 Å². The molecule has 0 aromatic heterocycles. The van der Waals surface area contributed by atoms with E-state index in [0.29, 0.717) is 43.0 Å². The van der Waals surface area contributed by atoms with Crippen LogP contribution in [0.2, 0.25) is 10.0 Å². The molecule has 5 aromatic carbocycles. The molecule has 0 saturated carbocycles. The molecule has 3 atom stereocenters. The smallest absolute Gasteiger partial charge is 0.407 e. The number of primary sulfonamides is 1. The number of rotatable bonds is 18. The molecule has 17 nitrogen and oxygen atoms in total. The number of nitrogen functional groups attached to an aromatic ring is 1. The first kappa shape index (κ1) is 53.9. The quantitative estimate of drug-likeness (QED) is 0.0466. The molecular formula is C48H52Cl2N6O11S2. The maximum absolute atomic E-state index is 13.4. The number of anilines is 2. The van der Waals surface area contributed by atoms with Crippen LogP contribution in [-0.2, 0) is 40.7 Å². The van der Waals surface area contributed by atoms with E-state index in [0.717, 1.165) is 5.56 Å². The first-order chi connectivity index (χ1) is 32.6. The number of nitriles is 1. The van der Waals surface area contributed by atoms with Gasteiger partial charge in [0.1, 0.15) is 11.9 Å². The Morgan fingerprint density at radius 3 is 2.23 bits per heavy atom. The first-order valence-electron chi connectivity index (χ1n) is 21.4. The lowest BCUT2D eigenvalue weighted by Gasteiger charge is -2.30. The Balaban J connectivity index is 0.000000258. The molecular weight excluding hydrogens is 972 g/mol. The summed E-state index contributed by atoms with van der Waals surface area (Å²) >= 11 is 12.1. The van der Waals surface area contributed by atoms with Crippen LogP contribution in [0.25, 0.3) is 0 Å². The number of aliphatic hydroxyl groups is 1. The van der Waals surface area contributed by atoms with Gasteiger partial charge in [0.05, 0.1) is 52.3 Å². The number of ether oxygens (including phenoxy) is 3. The molecule has 21 heteroatoms. The standard InChI is InChI=1S/C25H35N3O6S.C23H17Cl2N3O5S/c1-18(2)15-28(35(31,32)22-10-8-20(26)9-11-22)16-24(29)23(14-19-6-4-3-5-7-19)27-25(30)34-21-12-13-33-17-21;1-13-6-18(34(27,31)32)3-4-20(13)28-22(29)12-33-21-5-2-16(24)10-19(21)23(30)15-7-14(11-26)8-17(25)9-15/h3-11,18,21,23-24,29H,12-17,26H2,1-2H3,(H,27,30);2-10H,12H2,1H3,(H,28,29)(H2,27,31,32)/t21-,23-,24+;/m0./s1. The summed E-state index contributed by atoms with van der Waals surface area (Å²) in [7, 11) is -7.77. The highest BCUT2D eigenvalue weighted by molar-refractivity contribution is 7.89. The zero-order valence-electron chi connectivity index (χ0n) is 37.8. The van der Waals surface area contributed by atoms with E-state index in [1.807, 2.05) is 50.2 Å². The van der Waals surface area contributed by atoms with E-state index in [1.165, 1.54) is 83.2 Å². The average molecular weight is 1020 g/mol. The number of nitrogens with zero attached hydrogens (tertiary/aromatic N) is 2. The number of hydrogen-bond donors (Lipinski definition) is 5. The van der Waals surface area contributed by atoms with Crippen molar-refractivity contribution in [3.8, 4) is 11.8 Å². The Kier molecular flexibility index (Phi) is 19.1. The number of alkyl carbamates (subject to hydrolysis) is 1. The van der Waals surface area contributed by atoms with Crippen molar-refractivity contribution in [2.24, 2.45) is 11.1 Å². The van der Waals surface area contributed by atoms with E-state index < -0.39 is 56.6 Å². The fourth-order valence-corrected chi connectivity index (χ4v) is 9.55. The van der Waals surface area contributed by atoms with E-state index in [1.54, 1.807) is 6.92 Å². The van der Waals surface area contributed by atoms with Gasteiger partial charge in [0.25, 0.3) is 5.91 Å². The van der Waals surface area contributed by atoms with Gasteiger partial charge in [0, 0.05) is 46.5 Å². The number of hydrogen-bond acceptors (Lipinski definition) is 13. The molecule has 1 aliphatic rings. The second kappa shape index (κ2) is 24.5. The van der Waals surface area contributed by atoms with E-state index >= 15 is 0 Å². The molecule has 0 spiro atoms. The van der Waals surface area contributed by atoms with E-state index in [2.05, 4.69) is 10.6 Å². The van der Waals surface area contributed by atoms with Crippen LogP contribution in [0.4, 0.5) is 16.2 Å². The first-order valence-corrected chi connectivity index (χ1v) is 25.1. The number of nitrogens with two attached hydrogens (primary N) is 2. The lowest BCUT2D eigenvalue weighted by molar-refractivity contribution is -0.118. The SMILES string of the molecule is CC(C)CN(C[C@@H](O)[C@H](Cc1ccccc1)NC(=O)O[C@H]1CCOC1)S(=O)(=O)c1ccc(N)cc1.Cc1cc(S(N)(=O)=O)ccc1NC(=O)COc1ccc(Cl)cc1C(=O)c1cc(Cl)cc(C#N)c1. The molecule has 1 heterocycles. The van der Waals surface area contributed by atoms with Crippen LogP contribution < -0.4 is 26.2 Å². The van der Waals surface area contributed by atoms with Crippen LogP contribution >= 0.6 is 23.2 Å². The maximum Gasteiger partial charge on any atom is 0.407 e. The van der Waals surface area contributed by atoms with Crippen LogP contribution in [0, 0.1) is 24.2 Å². The van der Waals surface area contributed by atoms with Crippen molar-refractivity contribution in [3.05, 3.63) is 147 Å². The van der Waals surface area contributed by atoms with Gasteiger partial charge >= 0.3 is 6.09 Å². The minimum Gasteiger partial charge on any atom is -0.483 e. The molecule has 5 aromatic rings. The van der Waals surface area contributed by atoms with Crippen LogP contribution in [0.15, 0.2) is 119 Å². The summed E-state index contributed by atoms with van der Waals surface area (Å²) in [6.45, 7) is 5.83. The number of ketones is 1. The number of nitrogens with one attached hydrogen (secondary N) is 2. The van der Waals surface area contributed by atoms with Crippen molar-refractivity contribution in [3.63, 3.8) is 0 Å². The van der Waals surface area contributed by atoms with Gasteiger partial charge in [-0.1, -0.05) is 67.4 Å². The van der Waals surface area contributed by atoms with Crippen LogP contribution in [0.1, 0.15) is 52.9 Å². The van der Waals surface area contributed by atoms with Crippen molar-refractivity contribution in [2.45, 2.75) is 61.7 Å². The number of sulfonamides is 2. The summed E-state index contributed by atoms with van der Waals surface area (Å²) < 4.78 is 67.2. The largest absolute Gasteiger partial charge is 0.483 e. The molecule has 1 saturated heterocycles. The Morgan fingerprint density at radius 1 is 0.913 bits per heavy atom. The second-order valence-electron chi connectivity index (χ2n) is 16.4. The normalized spacial score (nSPS) is 14.5. The van der Waals surface area contributed by atoms with Gasteiger partial charge in [0.15, 0.2) is 12.4 Å². The molecule has 366 valence electrons. The molecule has 2 amide bonds. The van der Waals surface area contributed by atoms with E-state index in [-0.39, 0.29) is 67.4 Å². The second-order valence-corrected chi connectivity index (χ2v) is 20.7. The Hall–Kier alpha value is -6.08. The summed E-state index contributed by atoms with van der Waals surface area (Å²) in [5.41, 5.74) is 8.37. The number of aliphatic hydroxyl groups excluding tert-OH is 1. The van der Waals surface area contributed by atoms with Crippen molar-refractivity contribution in [1.29, 1.82) is 5.26 Å². The average Bonchev–Trinajstić information content (AvgIpc) is 3.81. The molecule has 69 heavy (non-hydrogen) atoms. The predicted molar refractivity (Wildman–Crippen MR) is 261 cm³/mol. The van der Waals surface area contributed by atoms with Crippen molar-refractivity contribution in [1.82, 2.24) is 9.62 Å². The molecule has 1 aliphatic heterocycles. The van der Waals surface area contributed by atoms with Crippen molar-refractivity contribution < 1.29 is 50.5 Å². The third kappa shape index (κ3) is 16.0. The molecule has 0 bridgehead atoms. The number of carbonyl (C=O) groups excluding carboxylic acids is 3. The number of benzene rings is 5. The Bertz CT molecular complexity index is 2880. The third-order valence-electron chi connectivity index (χ3n) is 10.3. The molecule has 0 unspecified atom stereocenters. The van der Waals surface area contributed by atoms with Crippen LogP contribution in [0.3, 0.4) is 0 Å². The lowest BCUT2D eigenvalue weighted by Crippen LogP contribution is -2.51. The summed E-state index contributed by atoms with van der Waals surface area (Å²) in [5, 5.41) is 31.3. The summed E-state index contributed by atoms with van der Waals surface area (Å²) in [5.74, 6) is -0.927. The zero-order chi connectivity index (χ0) is 50.5. The minimum atomic E-state index is -3.90. The fourth-order valence-electron chi connectivity index (χ4n) is 6.93. The molecule has 6 rings (SSSR count). The fraction of sp³-hybridized carbons (Fsp3) is 0.292. The Labute approximate surface area is 411 Å². The summed E-state index contributed by atoms with van der Waals surface area (Å²) in [6.07, 6.45) is -1.29. The van der Waals surface area contributed by atoms with Gasteiger partial charge in [-0.2, -0.15) is 9.57 Å². The lowest BCUT2D eigenvalue weighted by atomic mass is 10.0. The van der Waals surface area contributed by atoms with Gasteiger partial charge < -0.3 is 35.7 Å². The Morgan fingerprint density at radius 2 is 1.61 bits per heavy atom. The molecule has 7 N–H and O–H groups in total.